The van der Waals surface area contributed by atoms with Crippen LogP contribution in [0.2, 0.25) is 0 Å². The lowest BCUT2D eigenvalue weighted by molar-refractivity contribution is 0.124. The van der Waals surface area contributed by atoms with Crippen molar-refractivity contribution in [2.75, 3.05) is 6.54 Å². The number of ether oxygens (including phenoxy) is 1. The first-order chi connectivity index (χ1) is 11.5. The van der Waals surface area contributed by atoms with Crippen LogP contribution in [-0.4, -0.2) is 21.1 Å². The van der Waals surface area contributed by atoms with Gasteiger partial charge in [0, 0.05) is 28.5 Å². The Morgan fingerprint density at radius 3 is 2.72 bits per heavy atom. The van der Waals surface area contributed by atoms with Gasteiger partial charge >= 0.3 is 0 Å². The second-order valence-corrected chi connectivity index (χ2v) is 9.41. The van der Waals surface area contributed by atoms with Crippen LogP contribution in [0, 0.1) is 11.6 Å². The zero-order chi connectivity index (χ0) is 19.0. The van der Waals surface area contributed by atoms with Gasteiger partial charge in [-0.05, 0) is 46.2 Å². The quantitative estimate of drug-likeness (QED) is 0.479. The van der Waals surface area contributed by atoms with Crippen molar-refractivity contribution in [1.29, 1.82) is 0 Å². The van der Waals surface area contributed by atoms with Crippen LogP contribution in [0.1, 0.15) is 51.8 Å². The lowest BCUT2D eigenvalue weighted by atomic mass is 9.96. The maximum atomic E-state index is 14.2. The Kier molecular flexibility index (Phi) is 5.41. The van der Waals surface area contributed by atoms with Crippen molar-refractivity contribution >= 4 is 11.0 Å². The van der Waals surface area contributed by atoms with E-state index >= 15 is 0 Å². The molecule has 0 saturated heterocycles. The number of nitrogens with one attached hydrogen (secondary N) is 1. The molecule has 2 rings (SSSR count). The highest BCUT2D eigenvalue weighted by molar-refractivity contribution is 7.84. The minimum absolute atomic E-state index is 0.00555. The third kappa shape index (κ3) is 4.11. The Morgan fingerprint density at radius 1 is 1.52 bits per heavy atom. The monoisotopic (exact) mass is 372 g/mol. The van der Waals surface area contributed by atoms with Crippen molar-refractivity contribution in [1.82, 2.24) is 4.72 Å². The van der Waals surface area contributed by atoms with Gasteiger partial charge in [-0.15, -0.1) is 0 Å². The normalized spacial score (nSPS) is 21.9. The predicted molar refractivity (Wildman–Crippen MR) is 92.6 cm³/mol. The third-order valence-corrected chi connectivity index (χ3v) is 5.65. The molecule has 1 aromatic carbocycles. The number of fused-ring (bicyclic) bond motifs is 1. The molecule has 138 valence electrons. The standard InChI is InChI=1S/C16H22F2N4O2S/c1-9(21-25(23)15(2,3)4)10-6-12(17)13(18)11-7-16(5,8-20-22-19)24-14(10)11/h6,9,21H,7-8H2,1-5H3/t9-,16?,25-/m1/s1. The van der Waals surface area contributed by atoms with Gasteiger partial charge in [-0.25, -0.2) is 17.7 Å². The number of rotatable bonds is 5. The Labute approximate surface area is 148 Å². The Morgan fingerprint density at radius 2 is 2.16 bits per heavy atom. The van der Waals surface area contributed by atoms with Crippen LogP contribution in [0.5, 0.6) is 5.75 Å². The summed E-state index contributed by atoms with van der Waals surface area (Å²) in [4.78, 5) is 2.70. The molecule has 0 saturated carbocycles. The minimum Gasteiger partial charge on any atom is -0.486 e. The summed E-state index contributed by atoms with van der Waals surface area (Å²) >= 11 is 0. The first kappa shape index (κ1) is 19.6. The fourth-order valence-electron chi connectivity index (χ4n) is 2.61. The molecular formula is C16H22F2N4O2S. The number of nitrogens with zero attached hydrogens (tertiary/aromatic N) is 3. The fourth-order valence-corrected chi connectivity index (χ4v) is 3.41. The van der Waals surface area contributed by atoms with E-state index in [1.165, 1.54) is 0 Å². The van der Waals surface area contributed by atoms with Crippen LogP contribution in [0.25, 0.3) is 10.4 Å². The summed E-state index contributed by atoms with van der Waals surface area (Å²) in [6.45, 7) is 8.82. The van der Waals surface area contributed by atoms with Crippen molar-refractivity contribution in [3.8, 4) is 5.75 Å². The van der Waals surface area contributed by atoms with Crippen molar-refractivity contribution in [2.45, 2.75) is 57.4 Å². The van der Waals surface area contributed by atoms with Crippen LogP contribution in [0.3, 0.4) is 0 Å². The molecule has 1 heterocycles. The maximum Gasteiger partial charge on any atom is 0.165 e. The Bertz CT molecular complexity index is 759. The van der Waals surface area contributed by atoms with Gasteiger partial charge in [0.25, 0.3) is 0 Å². The molecule has 0 aromatic heterocycles. The topological polar surface area (TPSA) is 87.1 Å². The van der Waals surface area contributed by atoms with E-state index < -0.39 is 39.0 Å². The first-order valence-electron chi connectivity index (χ1n) is 7.87. The van der Waals surface area contributed by atoms with E-state index in [4.69, 9.17) is 10.3 Å². The lowest BCUT2D eigenvalue weighted by Crippen LogP contribution is -2.35. The molecular weight excluding hydrogens is 350 g/mol. The molecule has 0 radical (unpaired) electrons. The summed E-state index contributed by atoms with van der Waals surface area (Å²) in [5.41, 5.74) is 8.05. The molecule has 0 amide bonds. The summed E-state index contributed by atoms with van der Waals surface area (Å²) < 4.78 is 48.8. The molecule has 1 aromatic rings. The number of halogens is 2. The minimum atomic E-state index is -1.39. The van der Waals surface area contributed by atoms with Crippen molar-refractivity contribution in [2.24, 2.45) is 5.11 Å². The molecule has 3 atom stereocenters. The van der Waals surface area contributed by atoms with Crippen LogP contribution in [0.15, 0.2) is 11.2 Å². The molecule has 9 heteroatoms. The van der Waals surface area contributed by atoms with Gasteiger partial charge in [0.15, 0.2) is 11.6 Å². The zero-order valence-electron chi connectivity index (χ0n) is 14.9. The first-order valence-corrected chi connectivity index (χ1v) is 9.02. The average Bonchev–Trinajstić information content (AvgIpc) is 2.86. The van der Waals surface area contributed by atoms with E-state index in [0.717, 1.165) is 6.07 Å². The second-order valence-electron chi connectivity index (χ2n) is 7.41. The molecule has 25 heavy (non-hydrogen) atoms. The molecule has 6 nitrogen and oxygen atoms in total. The molecule has 0 aliphatic carbocycles. The van der Waals surface area contributed by atoms with E-state index in [2.05, 4.69) is 14.7 Å². The third-order valence-electron chi connectivity index (χ3n) is 3.97. The number of hydrogen-bond donors (Lipinski definition) is 1. The number of hydrogen-bond acceptors (Lipinski definition) is 3. The molecule has 1 unspecified atom stereocenters. The van der Waals surface area contributed by atoms with Crippen molar-refractivity contribution < 1.29 is 17.7 Å². The van der Waals surface area contributed by atoms with E-state index in [-0.39, 0.29) is 24.3 Å². The Hall–Kier alpha value is -1.70. The molecule has 1 aliphatic heterocycles. The van der Waals surface area contributed by atoms with Gasteiger partial charge in [-0.2, -0.15) is 0 Å². The summed E-state index contributed by atoms with van der Waals surface area (Å²) in [6, 6.07) is 0.538. The largest absolute Gasteiger partial charge is 0.486 e. The van der Waals surface area contributed by atoms with E-state index in [1.807, 2.05) is 20.8 Å². The highest BCUT2D eigenvalue weighted by Gasteiger charge is 2.40. The van der Waals surface area contributed by atoms with Gasteiger partial charge in [0.05, 0.1) is 22.3 Å². The van der Waals surface area contributed by atoms with Gasteiger partial charge in [0.1, 0.15) is 11.4 Å². The summed E-state index contributed by atoms with van der Waals surface area (Å²) in [7, 11) is -1.39. The number of benzene rings is 1. The second kappa shape index (κ2) is 6.90. The van der Waals surface area contributed by atoms with Crippen LogP contribution < -0.4 is 9.46 Å². The van der Waals surface area contributed by atoms with Crippen molar-refractivity contribution in [3.05, 3.63) is 39.3 Å². The maximum absolute atomic E-state index is 14.2. The van der Waals surface area contributed by atoms with E-state index in [1.54, 1.807) is 13.8 Å². The highest BCUT2D eigenvalue weighted by Crippen LogP contribution is 2.43. The summed E-state index contributed by atoms with van der Waals surface area (Å²) in [5.74, 6) is -1.73. The Balaban J connectivity index is 2.40. The fraction of sp³-hybridized carbons (Fsp3) is 0.625. The average molecular weight is 372 g/mol. The molecule has 0 bridgehead atoms. The van der Waals surface area contributed by atoms with Gasteiger partial charge in [-0.1, -0.05) is 5.11 Å². The SMILES string of the molecule is C[C@@H](N[S@](=O)C(C)(C)C)c1cc(F)c(F)c2c1OC(C)(CN=[N+]=[N-])C2. The van der Waals surface area contributed by atoms with Gasteiger partial charge in [0.2, 0.25) is 0 Å². The van der Waals surface area contributed by atoms with Crippen molar-refractivity contribution in [3.63, 3.8) is 0 Å². The summed E-state index contributed by atoms with van der Waals surface area (Å²) in [5, 5.41) is 3.49. The lowest BCUT2D eigenvalue weighted by Gasteiger charge is -2.25. The zero-order valence-corrected chi connectivity index (χ0v) is 15.7. The number of azide groups is 1. The summed E-state index contributed by atoms with van der Waals surface area (Å²) in [6.07, 6.45) is 0.0903. The molecule has 1 N–H and O–H groups in total. The van der Waals surface area contributed by atoms with E-state index in [9.17, 15) is 13.0 Å². The van der Waals surface area contributed by atoms with Gasteiger partial charge in [-0.3, -0.25) is 0 Å². The van der Waals surface area contributed by atoms with Crippen LogP contribution in [0.4, 0.5) is 8.78 Å². The van der Waals surface area contributed by atoms with Crippen LogP contribution >= 0.6 is 0 Å². The molecule has 0 fully saturated rings. The van der Waals surface area contributed by atoms with Crippen LogP contribution in [-0.2, 0) is 17.4 Å². The van der Waals surface area contributed by atoms with Gasteiger partial charge < -0.3 is 4.74 Å². The highest BCUT2D eigenvalue weighted by atomic mass is 32.2. The predicted octanol–water partition coefficient (Wildman–Crippen LogP) is 4.08. The smallest absolute Gasteiger partial charge is 0.165 e. The molecule has 0 spiro atoms. The molecule has 1 aliphatic rings. The van der Waals surface area contributed by atoms with E-state index in [0.29, 0.717) is 5.56 Å².